The van der Waals surface area contributed by atoms with Crippen molar-refractivity contribution in [3.05, 3.63) is 34.6 Å². The summed E-state index contributed by atoms with van der Waals surface area (Å²) in [4.78, 5) is 13.2. The molecule has 0 aliphatic rings. The van der Waals surface area contributed by atoms with E-state index in [1.165, 1.54) is 212 Å². The van der Waals surface area contributed by atoms with Crippen molar-refractivity contribution in [3.63, 3.8) is 0 Å². The van der Waals surface area contributed by atoms with Gasteiger partial charge in [-0.1, -0.05) is 244 Å². The molecule has 0 amide bonds. The molecule has 1 aromatic heterocycles. The van der Waals surface area contributed by atoms with E-state index >= 15 is 0 Å². The molecule has 0 atom stereocenters. The van der Waals surface area contributed by atoms with Gasteiger partial charge in [-0.2, -0.15) is 0 Å². The Balaban J connectivity index is 1.47. The third-order valence-electron chi connectivity index (χ3n) is 11.3. The summed E-state index contributed by atoms with van der Waals surface area (Å²) in [6, 6.07) is 7.84. The normalized spacial score (nSPS) is 11.6. The van der Waals surface area contributed by atoms with Crippen LogP contribution in [-0.4, -0.2) is 16.4 Å². The molecule has 1 aromatic carbocycles. The molecule has 0 aliphatic carbocycles. The highest BCUT2D eigenvalue weighted by Crippen LogP contribution is 2.21. The fourth-order valence-electron chi connectivity index (χ4n) is 7.80. The fraction of sp³-hybridized carbons (Fsp3) is 0.833. The largest absolute Gasteiger partial charge is 0.476 e. The number of unbranched alkanes of at least 4 members (excludes halogenated alkanes) is 34. The van der Waals surface area contributed by atoms with E-state index in [2.05, 4.69) is 13.8 Å². The molecule has 0 bridgehead atoms. The van der Waals surface area contributed by atoms with Gasteiger partial charge >= 0.3 is 0 Å². The number of ether oxygens (including phenoxy) is 1. The first-order valence-electron chi connectivity index (χ1n) is 23.4. The first kappa shape index (κ1) is 46.3. The van der Waals surface area contributed by atoms with E-state index in [1.54, 1.807) is 4.68 Å². The van der Waals surface area contributed by atoms with E-state index < -0.39 is 0 Å². The van der Waals surface area contributed by atoms with Crippen LogP contribution in [0, 0.1) is 0 Å². The summed E-state index contributed by atoms with van der Waals surface area (Å²) in [5.41, 5.74) is 0.0167. The van der Waals surface area contributed by atoms with Crippen LogP contribution < -0.4 is 10.3 Å². The molecule has 1 heterocycles. The number of benzene rings is 1. The molecule has 4 nitrogen and oxygen atoms in total. The van der Waals surface area contributed by atoms with Crippen molar-refractivity contribution in [1.29, 1.82) is 0 Å². The van der Waals surface area contributed by atoms with Gasteiger partial charge in [0.05, 0.1) is 17.4 Å². The van der Waals surface area contributed by atoms with Crippen LogP contribution in [0.25, 0.3) is 10.8 Å². The lowest BCUT2D eigenvalue weighted by molar-refractivity contribution is 0.286. The lowest BCUT2D eigenvalue weighted by Crippen LogP contribution is -2.24. The van der Waals surface area contributed by atoms with Gasteiger partial charge in [-0.05, 0) is 25.0 Å². The molecule has 0 unspecified atom stereocenters. The van der Waals surface area contributed by atoms with E-state index in [0.717, 1.165) is 30.0 Å². The summed E-state index contributed by atoms with van der Waals surface area (Å²) < 4.78 is 7.88. The molecule has 0 aliphatic heterocycles. The van der Waals surface area contributed by atoms with Gasteiger partial charge in [-0.3, -0.25) is 4.79 Å². The van der Waals surface area contributed by atoms with Crippen LogP contribution >= 0.6 is 0 Å². The highest BCUT2D eigenvalue weighted by molar-refractivity contribution is 5.85. The zero-order valence-electron chi connectivity index (χ0n) is 34.9. The zero-order valence-corrected chi connectivity index (χ0v) is 34.9. The molecule has 0 N–H and O–H groups in total. The number of aromatic nitrogens is 2. The number of aryl methyl sites for hydroxylation is 1. The maximum absolute atomic E-state index is 13.2. The quantitative estimate of drug-likeness (QED) is 0.0645. The number of hydrogen-bond acceptors (Lipinski definition) is 3. The van der Waals surface area contributed by atoms with Crippen molar-refractivity contribution in [2.24, 2.45) is 0 Å². The Hall–Kier alpha value is -1.84. The Morgan fingerprint density at radius 3 is 1.10 bits per heavy atom. The standard InChI is InChI=1S/C48H86N2O2/c1-3-5-7-9-11-13-15-17-19-21-23-25-27-29-31-33-35-39-43-50-48(51)46-42-38-37-41-45(46)47(49-50)52-44-40-36-34-32-30-28-26-24-22-20-18-16-14-12-10-8-6-4-2/h37-38,41-42H,3-36,39-40,43-44H2,1-2H3. The summed E-state index contributed by atoms with van der Waals surface area (Å²) >= 11 is 0. The summed E-state index contributed by atoms with van der Waals surface area (Å²) in [6.45, 7) is 5.94. The van der Waals surface area contributed by atoms with Gasteiger partial charge < -0.3 is 4.74 Å². The smallest absolute Gasteiger partial charge is 0.274 e. The summed E-state index contributed by atoms with van der Waals surface area (Å²) in [5, 5.41) is 6.29. The average molecular weight is 723 g/mol. The van der Waals surface area contributed by atoms with Crippen LogP contribution in [0.3, 0.4) is 0 Å². The molecule has 52 heavy (non-hydrogen) atoms. The Morgan fingerprint density at radius 2 is 0.731 bits per heavy atom. The number of nitrogens with zero attached hydrogens (tertiary/aromatic N) is 2. The van der Waals surface area contributed by atoms with Crippen molar-refractivity contribution in [2.45, 2.75) is 252 Å². The molecule has 2 aromatic rings. The third-order valence-corrected chi connectivity index (χ3v) is 11.3. The van der Waals surface area contributed by atoms with Crippen LogP contribution in [-0.2, 0) is 6.54 Å². The highest BCUT2D eigenvalue weighted by atomic mass is 16.5. The lowest BCUT2D eigenvalue weighted by Gasteiger charge is -2.12. The second kappa shape index (κ2) is 34.9. The molecule has 300 valence electrons. The van der Waals surface area contributed by atoms with Gasteiger partial charge in [0.2, 0.25) is 5.88 Å². The molecule has 2 rings (SSSR count). The predicted molar refractivity (Wildman–Crippen MR) is 229 cm³/mol. The molecule has 0 spiro atoms. The van der Waals surface area contributed by atoms with Gasteiger partial charge in [0, 0.05) is 6.54 Å². The fourth-order valence-corrected chi connectivity index (χ4v) is 7.80. The van der Waals surface area contributed by atoms with Gasteiger partial charge in [0.25, 0.3) is 5.56 Å². The lowest BCUT2D eigenvalue weighted by atomic mass is 10.0. The predicted octanol–water partition coefficient (Wildman–Crippen LogP) is 15.9. The SMILES string of the molecule is CCCCCCCCCCCCCCCCCCCCOc1nn(CCCCCCCCCCCCCCCCCCCC)c(=O)c2ccccc12. The molecule has 4 heteroatoms. The van der Waals surface area contributed by atoms with E-state index in [1.807, 2.05) is 24.3 Å². The second-order valence-electron chi connectivity index (χ2n) is 16.2. The van der Waals surface area contributed by atoms with Crippen LogP contribution in [0.15, 0.2) is 29.1 Å². The summed E-state index contributed by atoms with van der Waals surface area (Å²) in [6.07, 6.45) is 49.4. The number of rotatable bonds is 39. The van der Waals surface area contributed by atoms with E-state index in [4.69, 9.17) is 9.84 Å². The van der Waals surface area contributed by atoms with Crippen LogP contribution in [0.2, 0.25) is 0 Å². The molecule has 0 radical (unpaired) electrons. The van der Waals surface area contributed by atoms with Crippen LogP contribution in [0.5, 0.6) is 5.88 Å². The molecule has 0 saturated heterocycles. The number of hydrogen-bond donors (Lipinski definition) is 0. The molecule has 0 saturated carbocycles. The van der Waals surface area contributed by atoms with Crippen molar-refractivity contribution in [1.82, 2.24) is 9.78 Å². The minimum absolute atomic E-state index is 0.0167. The Morgan fingerprint density at radius 1 is 0.423 bits per heavy atom. The van der Waals surface area contributed by atoms with Crippen LogP contribution in [0.4, 0.5) is 0 Å². The van der Waals surface area contributed by atoms with Gasteiger partial charge in [0.15, 0.2) is 0 Å². The van der Waals surface area contributed by atoms with Crippen molar-refractivity contribution < 1.29 is 4.74 Å². The summed E-state index contributed by atoms with van der Waals surface area (Å²) in [5.74, 6) is 0.629. The first-order valence-corrected chi connectivity index (χ1v) is 23.4. The van der Waals surface area contributed by atoms with E-state index in [0.29, 0.717) is 19.0 Å². The zero-order chi connectivity index (χ0) is 37.0. The Kier molecular flexibility index (Phi) is 31.1. The van der Waals surface area contributed by atoms with Crippen molar-refractivity contribution in [2.75, 3.05) is 6.61 Å². The van der Waals surface area contributed by atoms with Crippen molar-refractivity contribution >= 4 is 10.8 Å². The van der Waals surface area contributed by atoms with E-state index in [9.17, 15) is 4.79 Å². The molecule has 0 fully saturated rings. The average Bonchev–Trinajstić information content (AvgIpc) is 3.16. The van der Waals surface area contributed by atoms with Gasteiger partial charge in [-0.15, -0.1) is 5.10 Å². The maximum Gasteiger partial charge on any atom is 0.274 e. The van der Waals surface area contributed by atoms with E-state index in [-0.39, 0.29) is 5.56 Å². The minimum Gasteiger partial charge on any atom is -0.476 e. The maximum atomic E-state index is 13.2. The summed E-state index contributed by atoms with van der Waals surface area (Å²) in [7, 11) is 0. The Bertz CT molecular complexity index is 1110. The monoisotopic (exact) mass is 723 g/mol. The second-order valence-corrected chi connectivity index (χ2v) is 16.2. The third kappa shape index (κ3) is 24.5. The van der Waals surface area contributed by atoms with Gasteiger partial charge in [-0.25, -0.2) is 4.68 Å². The van der Waals surface area contributed by atoms with Gasteiger partial charge in [0.1, 0.15) is 0 Å². The number of fused-ring (bicyclic) bond motifs is 1. The van der Waals surface area contributed by atoms with Crippen molar-refractivity contribution in [3.8, 4) is 5.88 Å². The topological polar surface area (TPSA) is 44.1 Å². The Labute approximate surface area is 323 Å². The molecular formula is C48H86N2O2. The molecular weight excluding hydrogens is 637 g/mol. The minimum atomic E-state index is 0.0167. The first-order chi connectivity index (χ1) is 25.8. The van der Waals surface area contributed by atoms with Crippen LogP contribution in [0.1, 0.15) is 245 Å². The highest BCUT2D eigenvalue weighted by Gasteiger charge is 2.11.